The lowest BCUT2D eigenvalue weighted by Crippen LogP contribution is -2.51. The highest BCUT2D eigenvalue weighted by molar-refractivity contribution is 5.85. The van der Waals surface area contributed by atoms with Gasteiger partial charge in [0.25, 0.3) is 0 Å². The van der Waals surface area contributed by atoms with Crippen molar-refractivity contribution in [2.45, 2.75) is 92.4 Å². The number of aliphatic carboxylic acids is 1. The number of carbonyl (C=O) groups is 2. The van der Waals surface area contributed by atoms with Gasteiger partial charge in [-0.2, -0.15) is 0 Å². The van der Waals surface area contributed by atoms with Gasteiger partial charge in [-0.1, -0.05) is 29.8 Å². The second kappa shape index (κ2) is 10.1. The SMILES string of the molecule is Cc1ccc(-c2c(C)c3c(c(C)c2[C@H](OC(C)(C)C)C(=O)O)CN(C(=O)N2C[C@H](C)O[C@@H](C)C2)C3)cc1. The Labute approximate surface area is 220 Å². The van der Waals surface area contributed by atoms with Crippen molar-refractivity contribution in [3.05, 3.63) is 57.6 Å². The first-order valence-corrected chi connectivity index (χ1v) is 13.1. The molecule has 0 aromatic heterocycles. The van der Waals surface area contributed by atoms with Gasteiger partial charge in [0.15, 0.2) is 6.10 Å². The summed E-state index contributed by atoms with van der Waals surface area (Å²) < 4.78 is 12.0. The number of carbonyl (C=O) groups excluding carboxylic acids is 1. The molecule has 0 radical (unpaired) electrons. The van der Waals surface area contributed by atoms with Gasteiger partial charge in [-0.25, -0.2) is 9.59 Å². The summed E-state index contributed by atoms with van der Waals surface area (Å²) in [6.07, 6.45) is -1.15. The number of hydrogen-bond donors (Lipinski definition) is 1. The Morgan fingerprint density at radius 3 is 2.00 bits per heavy atom. The molecule has 2 heterocycles. The maximum absolute atomic E-state index is 13.6. The van der Waals surface area contributed by atoms with Crippen LogP contribution in [0.1, 0.15) is 74.1 Å². The third kappa shape index (κ3) is 5.53. The van der Waals surface area contributed by atoms with Crippen molar-refractivity contribution in [3.63, 3.8) is 0 Å². The van der Waals surface area contributed by atoms with Crippen molar-refractivity contribution in [3.8, 4) is 11.1 Å². The molecule has 2 aliphatic rings. The van der Waals surface area contributed by atoms with E-state index in [-0.39, 0.29) is 18.2 Å². The number of morpholine rings is 1. The lowest BCUT2D eigenvalue weighted by Gasteiger charge is -2.37. The van der Waals surface area contributed by atoms with Crippen LogP contribution < -0.4 is 0 Å². The molecular formula is C30H40N2O5. The van der Waals surface area contributed by atoms with Crippen molar-refractivity contribution >= 4 is 12.0 Å². The standard InChI is InChI=1S/C30H40N2O5/c1-17-9-11-22(12-10-17)25-20(4)23-15-32(29(35)31-13-18(2)36-19(3)14-31)16-24(23)21(5)26(25)27(28(33)34)37-30(6,7)8/h9-12,18-19,27H,13-16H2,1-8H3,(H,33,34)/t18-,19-,27-/m0/s1. The lowest BCUT2D eigenvalue weighted by atomic mass is 9.83. The smallest absolute Gasteiger partial charge is 0.337 e. The molecule has 0 unspecified atom stereocenters. The number of amides is 2. The predicted molar refractivity (Wildman–Crippen MR) is 144 cm³/mol. The van der Waals surface area contributed by atoms with Gasteiger partial charge < -0.3 is 24.4 Å². The summed E-state index contributed by atoms with van der Waals surface area (Å²) in [5.74, 6) is -1.02. The zero-order valence-electron chi connectivity index (χ0n) is 23.3. The van der Waals surface area contributed by atoms with Crippen molar-refractivity contribution in [2.24, 2.45) is 0 Å². The second-order valence-corrected chi connectivity index (χ2v) is 11.6. The molecule has 7 nitrogen and oxygen atoms in total. The summed E-state index contributed by atoms with van der Waals surface area (Å²) in [6, 6.07) is 8.15. The molecule has 37 heavy (non-hydrogen) atoms. The summed E-state index contributed by atoms with van der Waals surface area (Å²) in [5.41, 5.74) is 6.99. The zero-order valence-corrected chi connectivity index (χ0v) is 23.3. The van der Waals surface area contributed by atoms with E-state index in [9.17, 15) is 14.7 Å². The van der Waals surface area contributed by atoms with Gasteiger partial charge in [0, 0.05) is 31.7 Å². The molecule has 1 saturated heterocycles. The fourth-order valence-electron chi connectivity index (χ4n) is 5.70. The lowest BCUT2D eigenvalue weighted by molar-refractivity contribution is -0.160. The monoisotopic (exact) mass is 508 g/mol. The molecule has 0 bridgehead atoms. The van der Waals surface area contributed by atoms with Gasteiger partial charge in [0.05, 0.1) is 17.8 Å². The topological polar surface area (TPSA) is 79.3 Å². The van der Waals surface area contributed by atoms with E-state index in [1.54, 1.807) is 0 Å². The predicted octanol–water partition coefficient (Wildman–Crippen LogP) is 5.76. The van der Waals surface area contributed by atoms with Crippen LogP contribution in [0.15, 0.2) is 24.3 Å². The van der Waals surface area contributed by atoms with Crippen LogP contribution in [0, 0.1) is 20.8 Å². The number of fused-ring (bicyclic) bond motifs is 1. The summed E-state index contributed by atoms with van der Waals surface area (Å²) in [4.78, 5) is 29.9. The molecule has 0 spiro atoms. The van der Waals surface area contributed by atoms with E-state index >= 15 is 0 Å². The van der Waals surface area contributed by atoms with E-state index in [0.29, 0.717) is 31.7 Å². The van der Waals surface area contributed by atoms with E-state index in [2.05, 4.69) is 0 Å². The van der Waals surface area contributed by atoms with E-state index in [1.165, 1.54) is 0 Å². The average Bonchev–Trinajstić information content (AvgIpc) is 3.25. The molecule has 2 aliphatic heterocycles. The minimum Gasteiger partial charge on any atom is -0.479 e. The van der Waals surface area contributed by atoms with Crippen molar-refractivity contribution in [2.75, 3.05) is 13.1 Å². The Hall–Kier alpha value is -2.90. The Bertz CT molecular complexity index is 1190. The first-order chi connectivity index (χ1) is 17.3. The Kier molecular flexibility index (Phi) is 7.41. The molecule has 4 rings (SSSR count). The summed E-state index contributed by atoms with van der Waals surface area (Å²) in [5, 5.41) is 10.3. The molecule has 2 aromatic carbocycles. The maximum Gasteiger partial charge on any atom is 0.337 e. The highest BCUT2D eigenvalue weighted by Gasteiger charge is 2.38. The van der Waals surface area contributed by atoms with Crippen molar-refractivity contribution in [1.82, 2.24) is 9.80 Å². The van der Waals surface area contributed by atoms with Gasteiger partial charge in [0.2, 0.25) is 0 Å². The fourth-order valence-corrected chi connectivity index (χ4v) is 5.70. The number of rotatable bonds is 4. The van der Waals surface area contributed by atoms with Crippen LogP contribution >= 0.6 is 0 Å². The number of urea groups is 1. The van der Waals surface area contributed by atoms with Crippen molar-refractivity contribution in [1.29, 1.82) is 0 Å². The van der Waals surface area contributed by atoms with Gasteiger partial charge in [-0.05, 0) is 88.8 Å². The first kappa shape index (κ1) is 27.1. The van der Waals surface area contributed by atoms with Gasteiger partial charge >= 0.3 is 12.0 Å². The van der Waals surface area contributed by atoms with E-state index in [1.807, 2.05) is 89.5 Å². The molecule has 0 aliphatic carbocycles. The van der Waals surface area contributed by atoms with Crippen LogP contribution in [-0.4, -0.2) is 57.8 Å². The van der Waals surface area contributed by atoms with E-state index in [0.717, 1.165) is 38.9 Å². The third-order valence-corrected chi connectivity index (χ3v) is 7.27. The second-order valence-electron chi connectivity index (χ2n) is 11.6. The Balaban J connectivity index is 1.83. The summed E-state index contributed by atoms with van der Waals surface area (Å²) in [7, 11) is 0. The van der Waals surface area contributed by atoms with Crippen LogP contribution in [0.5, 0.6) is 0 Å². The van der Waals surface area contributed by atoms with Crippen LogP contribution in [-0.2, 0) is 27.4 Å². The molecule has 1 fully saturated rings. The number of carboxylic acids is 1. The molecular weight excluding hydrogens is 468 g/mol. The quantitative estimate of drug-likeness (QED) is 0.568. The van der Waals surface area contributed by atoms with E-state index in [4.69, 9.17) is 9.47 Å². The maximum atomic E-state index is 13.6. The van der Waals surface area contributed by atoms with Gasteiger partial charge in [0.1, 0.15) is 0 Å². The highest BCUT2D eigenvalue weighted by atomic mass is 16.5. The van der Waals surface area contributed by atoms with Gasteiger partial charge in [-0.3, -0.25) is 0 Å². The minimum absolute atomic E-state index is 0.00355. The molecule has 2 amide bonds. The van der Waals surface area contributed by atoms with Crippen LogP contribution in [0.3, 0.4) is 0 Å². The normalized spacial score (nSPS) is 20.6. The van der Waals surface area contributed by atoms with Gasteiger partial charge in [-0.15, -0.1) is 0 Å². The number of carboxylic acid groups (broad SMARTS) is 1. The molecule has 200 valence electrons. The van der Waals surface area contributed by atoms with Crippen LogP contribution in [0.2, 0.25) is 0 Å². The number of aryl methyl sites for hydroxylation is 1. The molecule has 1 N–H and O–H groups in total. The highest BCUT2D eigenvalue weighted by Crippen LogP contribution is 2.44. The Morgan fingerprint density at radius 2 is 1.49 bits per heavy atom. The minimum atomic E-state index is -1.13. The largest absolute Gasteiger partial charge is 0.479 e. The first-order valence-electron chi connectivity index (χ1n) is 13.1. The number of nitrogens with zero attached hydrogens (tertiary/aromatic N) is 2. The molecule has 2 aromatic rings. The third-order valence-electron chi connectivity index (χ3n) is 7.27. The summed E-state index contributed by atoms with van der Waals surface area (Å²) in [6.45, 7) is 17.7. The molecule has 7 heteroatoms. The number of hydrogen-bond acceptors (Lipinski definition) is 4. The summed E-state index contributed by atoms with van der Waals surface area (Å²) >= 11 is 0. The number of ether oxygens (including phenoxy) is 2. The van der Waals surface area contributed by atoms with Crippen LogP contribution in [0.25, 0.3) is 11.1 Å². The van der Waals surface area contributed by atoms with Crippen LogP contribution in [0.4, 0.5) is 4.79 Å². The Morgan fingerprint density at radius 1 is 0.946 bits per heavy atom. The van der Waals surface area contributed by atoms with E-state index < -0.39 is 17.7 Å². The molecule has 3 atom stereocenters. The molecule has 0 saturated carbocycles. The fraction of sp³-hybridized carbons (Fsp3) is 0.533. The van der Waals surface area contributed by atoms with Crippen molar-refractivity contribution < 1.29 is 24.2 Å². The zero-order chi connectivity index (χ0) is 27.2. The average molecular weight is 509 g/mol. The number of benzene rings is 2.